The number of carbonyl (C=O) groups excluding carboxylic acids is 1. The first kappa shape index (κ1) is 13.9. The second-order valence-electron chi connectivity index (χ2n) is 5.15. The van der Waals surface area contributed by atoms with E-state index in [0.29, 0.717) is 18.0 Å². The van der Waals surface area contributed by atoms with Gasteiger partial charge in [-0.25, -0.2) is 0 Å². The first-order chi connectivity index (χ1) is 10.2. The van der Waals surface area contributed by atoms with Gasteiger partial charge < -0.3 is 15.8 Å². The van der Waals surface area contributed by atoms with Crippen molar-refractivity contribution in [2.75, 3.05) is 12.3 Å². The second kappa shape index (κ2) is 6.18. The Labute approximate surface area is 127 Å². The molecule has 3 N–H and O–H groups in total. The Bertz CT molecular complexity index is 613. The van der Waals surface area contributed by atoms with E-state index >= 15 is 0 Å². The third kappa shape index (κ3) is 3.55. The van der Waals surface area contributed by atoms with Crippen molar-refractivity contribution in [3.63, 3.8) is 0 Å². The highest BCUT2D eigenvalue weighted by Gasteiger charge is 2.14. The van der Waals surface area contributed by atoms with Crippen LogP contribution < -0.4 is 15.8 Å². The van der Waals surface area contributed by atoms with Crippen LogP contribution in [-0.4, -0.2) is 12.5 Å². The van der Waals surface area contributed by atoms with Crippen LogP contribution in [0.1, 0.15) is 21.7 Å². The van der Waals surface area contributed by atoms with Gasteiger partial charge in [-0.1, -0.05) is 0 Å². The molecule has 1 amide bonds. The van der Waals surface area contributed by atoms with E-state index in [2.05, 4.69) is 11.4 Å². The van der Waals surface area contributed by atoms with Crippen molar-refractivity contribution in [1.82, 2.24) is 5.32 Å². The number of nitrogens with two attached hydrogens (primary N) is 1. The molecule has 0 saturated heterocycles. The number of carbonyl (C=O) groups is 1. The SMILES string of the molecule is Nc1ccc(OCC(=O)NCc2cc3c(s2)CCC3)cc1. The van der Waals surface area contributed by atoms with Gasteiger partial charge in [-0.2, -0.15) is 0 Å². The fourth-order valence-corrected chi connectivity index (χ4v) is 3.63. The number of hydrogen-bond donors (Lipinski definition) is 2. The van der Waals surface area contributed by atoms with Crippen LogP contribution >= 0.6 is 11.3 Å². The van der Waals surface area contributed by atoms with E-state index in [4.69, 9.17) is 10.5 Å². The van der Waals surface area contributed by atoms with E-state index < -0.39 is 0 Å². The van der Waals surface area contributed by atoms with Crippen molar-refractivity contribution in [3.05, 3.63) is 45.6 Å². The maximum Gasteiger partial charge on any atom is 0.258 e. The molecule has 0 saturated carbocycles. The first-order valence-electron chi connectivity index (χ1n) is 7.06. The number of amides is 1. The molecule has 0 fully saturated rings. The number of fused-ring (bicyclic) bond motifs is 1. The number of thiophene rings is 1. The lowest BCUT2D eigenvalue weighted by molar-refractivity contribution is -0.123. The predicted molar refractivity (Wildman–Crippen MR) is 84.5 cm³/mol. The smallest absolute Gasteiger partial charge is 0.258 e. The number of anilines is 1. The highest BCUT2D eigenvalue weighted by Crippen LogP contribution is 2.30. The van der Waals surface area contributed by atoms with Gasteiger partial charge in [-0.05, 0) is 55.2 Å². The normalized spacial score (nSPS) is 13.0. The zero-order chi connectivity index (χ0) is 14.7. The Morgan fingerprint density at radius 2 is 2.10 bits per heavy atom. The van der Waals surface area contributed by atoms with Crippen molar-refractivity contribution < 1.29 is 9.53 Å². The van der Waals surface area contributed by atoms with E-state index in [-0.39, 0.29) is 12.5 Å². The topological polar surface area (TPSA) is 64.3 Å². The number of benzene rings is 1. The van der Waals surface area contributed by atoms with Crippen molar-refractivity contribution in [2.45, 2.75) is 25.8 Å². The third-order valence-corrected chi connectivity index (χ3v) is 4.74. The van der Waals surface area contributed by atoms with Crippen molar-refractivity contribution in [3.8, 4) is 5.75 Å². The largest absolute Gasteiger partial charge is 0.484 e. The Morgan fingerprint density at radius 1 is 1.29 bits per heavy atom. The highest BCUT2D eigenvalue weighted by molar-refractivity contribution is 7.12. The van der Waals surface area contributed by atoms with Crippen molar-refractivity contribution in [1.29, 1.82) is 0 Å². The Morgan fingerprint density at radius 3 is 2.86 bits per heavy atom. The fraction of sp³-hybridized carbons (Fsp3) is 0.312. The molecule has 4 nitrogen and oxygen atoms in total. The zero-order valence-electron chi connectivity index (χ0n) is 11.7. The van der Waals surface area contributed by atoms with E-state index in [1.807, 2.05) is 11.3 Å². The van der Waals surface area contributed by atoms with E-state index in [0.717, 1.165) is 0 Å². The molecule has 0 unspecified atom stereocenters. The molecule has 2 aromatic rings. The summed E-state index contributed by atoms with van der Waals surface area (Å²) < 4.78 is 5.41. The molecule has 1 aliphatic carbocycles. The minimum atomic E-state index is -0.111. The summed E-state index contributed by atoms with van der Waals surface area (Å²) in [5.74, 6) is 0.537. The molecule has 1 aromatic carbocycles. The van der Waals surface area contributed by atoms with E-state index in [1.54, 1.807) is 24.3 Å². The minimum absolute atomic E-state index is 0.0228. The Kier molecular flexibility index (Phi) is 4.10. The van der Waals surface area contributed by atoms with Crippen molar-refractivity contribution in [2.24, 2.45) is 0 Å². The number of nitrogen functional groups attached to an aromatic ring is 1. The fourth-order valence-electron chi connectivity index (χ4n) is 2.43. The van der Waals surface area contributed by atoms with Crippen LogP contribution in [-0.2, 0) is 24.2 Å². The quantitative estimate of drug-likeness (QED) is 0.834. The number of hydrogen-bond acceptors (Lipinski definition) is 4. The number of ether oxygens (including phenoxy) is 1. The van der Waals surface area contributed by atoms with E-state index in [9.17, 15) is 4.79 Å². The average molecular weight is 302 g/mol. The molecule has 0 spiro atoms. The molecule has 1 aromatic heterocycles. The van der Waals surface area contributed by atoms with Gasteiger partial charge in [-0.3, -0.25) is 4.79 Å². The molecule has 0 bridgehead atoms. The van der Waals surface area contributed by atoms with E-state index in [1.165, 1.54) is 34.6 Å². The number of rotatable bonds is 5. The summed E-state index contributed by atoms with van der Waals surface area (Å²) in [5, 5.41) is 2.89. The monoisotopic (exact) mass is 302 g/mol. The van der Waals surface area contributed by atoms with Gasteiger partial charge in [0.25, 0.3) is 5.91 Å². The maximum absolute atomic E-state index is 11.8. The van der Waals surface area contributed by atoms with Crippen LogP contribution in [0.5, 0.6) is 5.75 Å². The van der Waals surface area contributed by atoms with Gasteiger partial charge in [0.15, 0.2) is 6.61 Å². The summed E-state index contributed by atoms with van der Waals surface area (Å²) in [6.07, 6.45) is 3.64. The van der Waals surface area contributed by atoms with Crippen LogP contribution in [0.3, 0.4) is 0 Å². The molecule has 0 atom stereocenters. The lowest BCUT2D eigenvalue weighted by Gasteiger charge is -2.07. The van der Waals surface area contributed by atoms with Gasteiger partial charge >= 0.3 is 0 Å². The molecule has 0 aliphatic heterocycles. The average Bonchev–Trinajstić information content (AvgIpc) is 3.05. The van der Waals surface area contributed by atoms with Gasteiger partial charge in [0.2, 0.25) is 0 Å². The highest BCUT2D eigenvalue weighted by atomic mass is 32.1. The van der Waals surface area contributed by atoms with Crippen LogP contribution in [0.2, 0.25) is 0 Å². The lowest BCUT2D eigenvalue weighted by Crippen LogP contribution is -2.28. The summed E-state index contributed by atoms with van der Waals surface area (Å²) in [5.41, 5.74) is 7.73. The molecular formula is C16H18N2O2S. The third-order valence-electron chi connectivity index (χ3n) is 3.51. The molecule has 3 rings (SSSR count). The molecule has 21 heavy (non-hydrogen) atoms. The summed E-state index contributed by atoms with van der Waals surface area (Å²) in [6.45, 7) is 0.608. The lowest BCUT2D eigenvalue weighted by atomic mass is 10.2. The molecule has 1 aliphatic rings. The molecule has 5 heteroatoms. The first-order valence-corrected chi connectivity index (χ1v) is 7.88. The molecule has 0 radical (unpaired) electrons. The Balaban J connectivity index is 1.44. The maximum atomic E-state index is 11.8. The van der Waals surface area contributed by atoms with Gasteiger partial charge in [0, 0.05) is 15.4 Å². The standard InChI is InChI=1S/C16H18N2O2S/c17-12-4-6-13(7-5-12)20-10-16(19)18-9-14-8-11-2-1-3-15(11)21-14/h4-8H,1-3,9-10,17H2,(H,18,19). The summed E-state index contributed by atoms with van der Waals surface area (Å²) in [4.78, 5) is 14.5. The summed E-state index contributed by atoms with van der Waals surface area (Å²) in [6, 6.07) is 9.23. The van der Waals surface area contributed by atoms with Crippen LogP contribution in [0.4, 0.5) is 5.69 Å². The Hall–Kier alpha value is -2.01. The zero-order valence-corrected chi connectivity index (χ0v) is 12.5. The molecule has 1 heterocycles. The minimum Gasteiger partial charge on any atom is -0.484 e. The second-order valence-corrected chi connectivity index (χ2v) is 6.37. The van der Waals surface area contributed by atoms with Crippen LogP contribution in [0.25, 0.3) is 0 Å². The van der Waals surface area contributed by atoms with Gasteiger partial charge in [0.05, 0.1) is 6.54 Å². The number of aryl methyl sites for hydroxylation is 2. The predicted octanol–water partition coefficient (Wildman–Crippen LogP) is 2.51. The van der Waals surface area contributed by atoms with Crippen molar-refractivity contribution >= 4 is 22.9 Å². The summed E-state index contributed by atoms with van der Waals surface area (Å²) in [7, 11) is 0. The van der Waals surface area contributed by atoms with Gasteiger partial charge in [-0.15, -0.1) is 11.3 Å². The van der Waals surface area contributed by atoms with Crippen LogP contribution in [0, 0.1) is 0 Å². The molecular weight excluding hydrogens is 284 g/mol. The number of nitrogens with one attached hydrogen (secondary N) is 1. The molecule has 110 valence electrons. The van der Waals surface area contributed by atoms with Crippen LogP contribution in [0.15, 0.2) is 30.3 Å². The summed E-state index contributed by atoms with van der Waals surface area (Å²) >= 11 is 1.81. The van der Waals surface area contributed by atoms with Gasteiger partial charge in [0.1, 0.15) is 5.75 Å².